The maximum absolute atomic E-state index is 11.9. The number of benzene rings is 1. The van der Waals surface area contributed by atoms with Crippen LogP contribution in [0.25, 0.3) is 10.9 Å². The van der Waals surface area contributed by atoms with Gasteiger partial charge in [-0.1, -0.05) is 38.0 Å². The first-order valence-electron chi connectivity index (χ1n) is 6.05. The van der Waals surface area contributed by atoms with Crippen molar-refractivity contribution >= 4 is 10.9 Å². The SMILES string of the molecule is CCCCCn1c(=O)c(O)cc2ccccc21. The predicted octanol–water partition coefficient (Wildman–Crippen LogP) is 2.90. The maximum atomic E-state index is 11.9. The smallest absolute Gasteiger partial charge is 0.293 e. The van der Waals surface area contributed by atoms with Crippen LogP contribution in [0.2, 0.25) is 0 Å². The van der Waals surface area contributed by atoms with Gasteiger partial charge in [0.2, 0.25) is 0 Å². The third-order valence-electron chi connectivity index (χ3n) is 2.97. The number of pyridine rings is 1. The van der Waals surface area contributed by atoms with E-state index < -0.39 is 0 Å². The van der Waals surface area contributed by atoms with Crippen molar-refractivity contribution in [3.05, 3.63) is 40.7 Å². The van der Waals surface area contributed by atoms with Gasteiger partial charge in [0.1, 0.15) is 0 Å². The molecule has 0 fully saturated rings. The van der Waals surface area contributed by atoms with E-state index in [-0.39, 0.29) is 11.3 Å². The molecule has 0 unspecified atom stereocenters. The molecule has 0 amide bonds. The van der Waals surface area contributed by atoms with Gasteiger partial charge in [0.25, 0.3) is 5.56 Å². The van der Waals surface area contributed by atoms with Crippen molar-refractivity contribution in [1.29, 1.82) is 0 Å². The van der Waals surface area contributed by atoms with Gasteiger partial charge in [-0.3, -0.25) is 4.79 Å². The summed E-state index contributed by atoms with van der Waals surface area (Å²) < 4.78 is 1.67. The van der Waals surface area contributed by atoms with Crippen LogP contribution in [0, 0.1) is 0 Å². The summed E-state index contributed by atoms with van der Waals surface area (Å²) in [6, 6.07) is 9.18. The summed E-state index contributed by atoms with van der Waals surface area (Å²) in [5, 5.41) is 10.5. The summed E-state index contributed by atoms with van der Waals surface area (Å²) in [5.74, 6) is -0.166. The Morgan fingerprint density at radius 2 is 2.00 bits per heavy atom. The molecular weight excluding hydrogens is 214 g/mol. The molecule has 2 rings (SSSR count). The highest BCUT2D eigenvalue weighted by Crippen LogP contribution is 2.16. The molecule has 0 radical (unpaired) electrons. The van der Waals surface area contributed by atoms with Gasteiger partial charge in [0, 0.05) is 11.9 Å². The maximum Gasteiger partial charge on any atom is 0.293 e. The average Bonchev–Trinajstić information content (AvgIpc) is 2.34. The summed E-state index contributed by atoms with van der Waals surface area (Å²) in [7, 11) is 0. The highest BCUT2D eigenvalue weighted by atomic mass is 16.3. The number of hydrogen-bond donors (Lipinski definition) is 1. The van der Waals surface area contributed by atoms with E-state index in [1.54, 1.807) is 4.57 Å². The number of aryl methyl sites for hydroxylation is 1. The van der Waals surface area contributed by atoms with Crippen molar-refractivity contribution in [2.24, 2.45) is 0 Å². The van der Waals surface area contributed by atoms with E-state index >= 15 is 0 Å². The van der Waals surface area contributed by atoms with Crippen molar-refractivity contribution in [1.82, 2.24) is 4.57 Å². The van der Waals surface area contributed by atoms with Crippen molar-refractivity contribution in [3.63, 3.8) is 0 Å². The minimum absolute atomic E-state index is 0.166. The first-order chi connectivity index (χ1) is 8.24. The highest BCUT2D eigenvalue weighted by molar-refractivity contribution is 5.80. The normalized spacial score (nSPS) is 10.9. The van der Waals surface area contributed by atoms with Crippen LogP contribution in [-0.4, -0.2) is 9.67 Å². The molecule has 0 aliphatic rings. The van der Waals surface area contributed by atoms with Crippen LogP contribution in [0.4, 0.5) is 0 Å². The number of rotatable bonds is 4. The van der Waals surface area contributed by atoms with Gasteiger partial charge in [-0.05, 0) is 18.6 Å². The molecule has 3 heteroatoms. The number of aromatic nitrogens is 1. The molecule has 2 aromatic rings. The van der Waals surface area contributed by atoms with Crippen LogP contribution in [0.3, 0.4) is 0 Å². The van der Waals surface area contributed by atoms with Crippen molar-refractivity contribution in [2.75, 3.05) is 0 Å². The molecule has 1 aromatic carbocycles. The van der Waals surface area contributed by atoms with Crippen molar-refractivity contribution in [2.45, 2.75) is 32.7 Å². The van der Waals surface area contributed by atoms with Crippen molar-refractivity contribution in [3.8, 4) is 5.75 Å². The Bertz CT molecular complexity index is 572. The van der Waals surface area contributed by atoms with Crippen LogP contribution in [-0.2, 0) is 6.54 Å². The Balaban J connectivity index is 2.50. The molecule has 1 N–H and O–H groups in total. The zero-order valence-corrected chi connectivity index (χ0v) is 10.0. The van der Waals surface area contributed by atoms with Crippen molar-refractivity contribution < 1.29 is 5.11 Å². The van der Waals surface area contributed by atoms with Gasteiger partial charge < -0.3 is 9.67 Å². The Hall–Kier alpha value is -1.77. The van der Waals surface area contributed by atoms with Gasteiger partial charge in [-0.15, -0.1) is 0 Å². The second-order valence-electron chi connectivity index (χ2n) is 4.25. The molecule has 3 nitrogen and oxygen atoms in total. The quantitative estimate of drug-likeness (QED) is 0.822. The lowest BCUT2D eigenvalue weighted by Gasteiger charge is -2.10. The molecule has 1 aromatic heterocycles. The van der Waals surface area contributed by atoms with Gasteiger partial charge >= 0.3 is 0 Å². The van der Waals surface area contributed by atoms with E-state index in [4.69, 9.17) is 0 Å². The summed E-state index contributed by atoms with van der Waals surface area (Å²) in [6.45, 7) is 2.80. The Morgan fingerprint density at radius 3 is 2.76 bits per heavy atom. The Morgan fingerprint density at radius 1 is 1.24 bits per heavy atom. The van der Waals surface area contributed by atoms with Gasteiger partial charge in [-0.2, -0.15) is 0 Å². The molecule has 17 heavy (non-hydrogen) atoms. The van der Waals surface area contributed by atoms with Gasteiger partial charge in [-0.25, -0.2) is 0 Å². The molecule has 0 atom stereocenters. The minimum Gasteiger partial charge on any atom is -0.503 e. The lowest BCUT2D eigenvalue weighted by Crippen LogP contribution is -2.20. The minimum atomic E-state index is -0.292. The molecule has 0 spiro atoms. The van der Waals surface area contributed by atoms with Gasteiger partial charge in [0.15, 0.2) is 5.75 Å². The van der Waals surface area contributed by atoms with Crippen LogP contribution in [0.15, 0.2) is 35.1 Å². The number of unbranched alkanes of at least 4 members (excludes halogenated alkanes) is 2. The van der Waals surface area contributed by atoms with Crippen LogP contribution >= 0.6 is 0 Å². The first-order valence-corrected chi connectivity index (χ1v) is 6.05. The van der Waals surface area contributed by atoms with E-state index in [1.165, 1.54) is 6.07 Å². The molecular formula is C14H17NO2. The van der Waals surface area contributed by atoms with E-state index in [1.807, 2.05) is 24.3 Å². The Labute approximate surface area is 100 Å². The predicted molar refractivity (Wildman–Crippen MR) is 69.4 cm³/mol. The van der Waals surface area contributed by atoms with Crippen LogP contribution in [0.1, 0.15) is 26.2 Å². The fourth-order valence-corrected chi connectivity index (χ4v) is 2.05. The lowest BCUT2D eigenvalue weighted by atomic mass is 10.2. The molecule has 90 valence electrons. The van der Waals surface area contributed by atoms with Crippen LogP contribution < -0.4 is 5.56 Å². The fourth-order valence-electron chi connectivity index (χ4n) is 2.05. The van der Waals surface area contributed by atoms with Gasteiger partial charge in [0.05, 0.1) is 5.52 Å². The second kappa shape index (κ2) is 5.04. The summed E-state index contributed by atoms with van der Waals surface area (Å²) in [6.07, 6.45) is 3.17. The molecule has 0 aliphatic carbocycles. The van der Waals surface area contributed by atoms with E-state index in [2.05, 4.69) is 6.92 Å². The zero-order valence-electron chi connectivity index (χ0n) is 10.0. The lowest BCUT2D eigenvalue weighted by molar-refractivity contribution is 0.457. The van der Waals surface area contributed by atoms with Crippen LogP contribution in [0.5, 0.6) is 5.75 Å². The number of hydrogen-bond acceptors (Lipinski definition) is 2. The summed E-state index contributed by atoms with van der Waals surface area (Å²) in [5.41, 5.74) is 0.603. The zero-order chi connectivity index (χ0) is 12.3. The number of nitrogens with zero attached hydrogens (tertiary/aromatic N) is 1. The summed E-state index contributed by atoms with van der Waals surface area (Å²) >= 11 is 0. The number of para-hydroxylation sites is 1. The molecule has 1 heterocycles. The van der Waals surface area contributed by atoms with E-state index in [9.17, 15) is 9.90 Å². The molecule has 0 bridgehead atoms. The third kappa shape index (κ3) is 2.33. The molecule has 0 saturated carbocycles. The number of fused-ring (bicyclic) bond motifs is 1. The Kier molecular flexibility index (Phi) is 3.47. The summed E-state index contributed by atoms with van der Waals surface area (Å²) in [4.78, 5) is 11.9. The molecule has 0 aliphatic heterocycles. The largest absolute Gasteiger partial charge is 0.503 e. The average molecular weight is 231 g/mol. The van der Waals surface area contributed by atoms with E-state index in [0.29, 0.717) is 6.54 Å². The fraction of sp³-hybridized carbons (Fsp3) is 0.357. The third-order valence-corrected chi connectivity index (χ3v) is 2.97. The highest BCUT2D eigenvalue weighted by Gasteiger charge is 2.07. The molecule has 0 saturated heterocycles. The number of aromatic hydroxyl groups is 1. The monoisotopic (exact) mass is 231 g/mol. The topological polar surface area (TPSA) is 42.2 Å². The second-order valence-corrected chi connectivity index (χ2v) is 4.25. The first kappa shape index (κ1) is 11.7. The van der Waals surface area contributed by atoms with E-state index in [0.717, 1.165) is 30.2 Å². The standard InChI is InChI=1S/C14H17NO2/c1-2-3-6-9-15-12-8-5-4-7-11(12)10-13(16)14(15)17/h4-5,7-8,10,16H,2-3,6,9H2,1H3.